The van der Waals surface area contributed by atoms with Crippen molar-refractivity contribution in [2.45, 2.75) is 19.8 Å². The van der Waals surface area contributed by atoms with Crippen LogP contribution in [0.5, 0.6) is 5.75 Å². The Balaban J connectivity index is 2.10. The molecule has 1 heterocycles. The van der Waals surface area contributed by atoms with Gasteiger partial charge in [-0.05, 0) is 31.5 Å². The lowest BCUT2D eigenvalue weighted by atomic mass is 9.90. The minimum atomic E-state index is -0.849. The van der Waals surface area contributed by atoms with Gasteiger partial charge in [-0.1, -0.05) is 15.9 Å². The van der Waals surface area contributed by atoms with Crippen LogP contribution in [-0.4, -0.2) is 42.1 Å². The Bertz CT molecular complexity index is 575. The van der Waals surface area contributed by atoms with Gasteiger partial charge in [0.05, 0.1) is 18.9 Å². The third-order valence-corrected chi connectivity index (χ3v) is 4.42. The number of hydrogen-bond acceptors (Lipinski definition) is 3. The van der Waals surface area contributed by atoms with Gasteiger partial charge < -0.3 is 14.7 Å². The molecule has 0 aliphatic carbocycles. The average Bonchev–Trinajstić information content (AvgIpc) is 2.83. The number of amides is 1. The van der Waals surface area contributed by atoms with Crippen molar-refractivity contribution in [3.05, 3.63) is 28.2 Å². The summed E-state index contributed by atoms with van der Waals surface area (Å²) in [6.07, 6.45) is 0.696. The maximum Gasteiger partial charge on any atom is 0.311 e. The molecule has 0 bridgehead atoms. The van der Waals surface area contributed by atoms with Gasteiger partial charge in [0.15, 0.2) is 0 Å². The van der Waals surface area contributed by atoms with Crippen LogP contribution in [0.2, 0.25) is 0 Å². The molecule has 1 aromatic carbocycles. The van der Waals surface area contributed by atoms with Crippen LogP contribution in [0.15, 0.2) is 22.7 Å². The first-order chi connectivity index (χ1) is 9.85. The maximum atomic E-state index is 12.4. The minimum Gasteiger partial charge on any atom is -0.496 e. The fourth-order valence-electron chi connectivity index (χ4n) is 2.51. The highest BCUT2D eigenvalue weighted by Crippen LogP contribution is 2.31. The van der Waals surface area contributed by atoms with Gasteiger partial charge in [-0.2, -0.15) is 0 Å². The predicted molar refractivity (Wildman–Crippen MR) is 81.3 cm³/mol. The Morgan fingerprint density at radius 3 is 2.76 bits per heavy atom. The fourth-order valence-corrected chi connectivity index (χ4v) is 2.92. The van der Waals surface area contributed by atoms with Crippen LogP contribution >= 0.6 is 15.9 Å². The molecule has 1 fully saturated rings. The first kappa shape index (κ1) is 15.8. The molecule has 1 aliphatic heterocycles. The van der Waals surface area contributed by atoms with E-state index >= 15 is 0 Å². The summed E-state index contributed by atoms with van der Waals surface area (Å²) in [5, 5.41) is 9.22. The Morgan fingerprint density at radius 1 is 1.48 bits per heavy atom. The number of rotatable bonds is 4. The third-order valence-electron chi connectivity index (χ3n) is 3.93. The van der Waals surface area contributed by atoms with Crippen molar-refractivity contribution >= 4 is 27.8 Å². The Kier molecular flexibility index (Phi) is 4.56. The SMILES string of the molecule is COc1ccc(Br)cc1CC(=O)N1CC[C@@](C)(C(=O)O)C1. The average molecular weight is 356 g/mol. The van der Waals surface area contributed by atoms with Crippen molar-refractivity contribution in [1.29, 1.82) is 0 Å². The Labute approximate surface area is 132 Å². The molecule has 0 aromatic heterocycles. The van der Waals surface area contributed by atoms with E-state index in [0.717, 1.165) is 10.0 Å². The van der Waals surface area contributed by atoms with Crippen molar-refractivity contribution < 1.29 is 19.4 Å². The summed E-state index contributed by atoms with van der Waals surface area (Å²) in [4.78, 5) is 25.2. The number of halogens is 1. The van der Waals surface area contributed by atoms with E-state index in [2.05, 4.69) is 15.9 Å². The Hall–Kier alpha value is -1.56. The smallest absolute Gasteiger partial charge is 0.311 e. The molecule has 1 aliphatic rings. The number of ether oxygens (including phenoxy) is 1. The second-order valence-corrected chi connectivity index (χ2v) is 6.48. The molecule has 1 atom stereocenters. The molecule has 114 valence electrons. The van der Waals surface area contributed by atoms with Crippen LogP contribution in [0.25, 0.3) is 0 Å². The molecule has 0 saturated carbocycles. The molecule has 1 saturated heterocycles. The number of carboxylic acids is 1. The molecule has 2 rings (SSSR count). The summed E-state index contributed by atoms with van der Waals surface area (Å²) in [5.74, 6) is -0.263. The number of benzene rings is 1. The lowest BCUT2D eigenvalue weighted by Gasteiger charge is -2.20. The van der Waals surface area contributed by atoms with Gasteiger partial charge in [0.25, 0.3) is 0 Å². The largest absolute Gasteiger partial charge is 0.496 e. The Morgan fingerprint density at radius 2 is 2.19 bits per heavy atom. The molecule has 1 amide bonds. The zero-order valence-electron chi connectivity index (χ0n) is 12.1. The zero-order valence-corrected chi connectivity index (χ0v) is 13.6. The predicted octanol–water partition coefficient (Wildman–Crippen LogP) is 2.32. The number of aliphatic carboxylic acids is 1. The van der Waals surface area contributed by atoms with Gasteiger partial charge >= 0.3 is 5.97 Å². The van der Waals surface area contributed by atoms with E-state index < -0.39 is 11.4 Å². The molecule has 0 spiro atoms. The van der Waals surface area contributed by atoms with E-state index in [1.807, 2.05) is 12.1 Å². The number of carbonyl (C=O) groups is 2. The normalized spacial score (nSPS) is 21.4. The fraction of sp³-hybridized carbons (Fsp3) is 0.467. The standard InChI is InChI=1S/C15H18BrNO4/c1-15(14(19)20)5-6-17(9-15)13(18)8-10-7-11(16)3-4-12(10)21-2/h3-4,7H,5-6,8-9H2,1-2H3,(H,19,20)/t15-/m1/s1. The summed E-state index contributed by atoms with van der Waals surface area (Å²) in [5.41, 5.74) is -0.0439. The van der Waals surface area contributed by atoms with Gasteiger partial charge in [0.1, 0.15) is 5.75 Å². The van der Waals surface area contributed by atoms with Gasteiger partial charge in [-0.25, -0.2) is 0 Å². The quantitative estimate of drug-likeness (QED) is 0.899. The van der Waals surface area contributed by atoms with Crippen LogP contribution < -0.4 is 4.74 Å². The van der Waals surface area contributed by atoms with Gasteiger partial charge in [0.2, 0.25) is 5.91 Å². The van der Waals surface area contributed by atoms with E-state index in [1.54, 1.807) is 25.0 Å². The van der Waals surface area contributed by atoms with E-state index in [1.165, 1.54) is 0 Å². The van der Waals surface area contributed by atoms with Crippen LogP contribution in [0.3, 0.4) is 0 Å². The monoisotopic (exact) mass is 355 g/mol. The number of carbonyl (C=O) groups excluding carboxylic acids is 1. The van der Waals surface area contributed by atoms with Crippen molar-refractivity contribution in [1.82, 2.24) is 4.90 Å². The van der Waals surface area contributed by atoms with Crippen LogP contribution in [0.4, 0.5) is 0 Å². The number of carboxylic acid groups (broad SMARTS) is 1. The van der Waals surface area contributed by atoms with Crippen molar-refractivity contribution in [3.8, 4) is 5.75 Å². The van der Waals surface area contributed by atoms with E-state index in [-0.39, 0.29) is 18.9 Å². The first-order valence-corrected chi connectivity index (χ1v) is 7.48. The highest BCUT2D eigenvalue weighted by Gasteiger charge is 2.42. The molecule has 6 heteroatoms. The molecule has 0 radical (unpaired) electrons. The summed E-state index contributed by atoms with van der Waals surface area (Å²) >= 11 is 3.38. The number of nitrogens with zero attached hydrogens (tertiary/aromatic N) is 1. The van der Waals surface area contributed by atoms with Crippen LogP contribution in [0, 0.1) is 5.41 Å². The van der Waals surface area contributed by atoms with Gasteiger partial charge in [0, 0.05) is 23.1 Å². The molecule has 1 aromatic rings. The second kappa shape index (κ2) is 6.05. The van der Waals surface area contributed by atoms with Crippen molar-refractivity contribution in [2.24, 2.45) is 5.41 Å². The molecular weight excluding hydrogens is 338 g/mol. The highest BCUT2D eigenvalue weighted by atomic mass is 79.9. The number of likely N-dealkylation sites (tertiary alicyclic amines) is 1. The summed E-state index contributed by atoms with van der Waals surface area (Å²) in [6, 6.07) is 5.51. The molecule has 0 unspecified atom stereocenters. The third kappa shape index (κ3) is 3.37. The lowest BCUT2D eigenvalue weighted by molar-refractivity contribution is -0.147. The number of methoxy groups -OCH3 is 1. The molecule has 1 N–H and O–H groups in total. The zero-order chi connectivity index (χ0) is 15.6. The molecule has 5 nitrogen and oxygen atoms in total. The van der Waals surface area contributed by atoms with Gasteiger partial charge in [-0.3, -0.25) is 9.59 Å². The molecular formula is C15H18BrNO4. The molecule has 21 heavy (non-hydrogen) atoms. The van der Waals surface area contributed by atoms with E-state index in [4.69, 9.17) is 4.74 Å². The van der Waals surface area contributed by atoms with Gasteiger partial charge in [-0.15, -0.1) is 0 Å². The van der Waals surface area contributed by atoms with E-state index in [9.17, 15) is 14.7 Å². The summed E-state index contributed by atoms with van der Waals surface area (Å²) in [7, 11) is 1.56. The maximum absolute atomic E-state index is 12.4. The van der Waals surface area contributed by atoms with E-state index in [0.29, 0.717) is 18.7 Å². The van der Waals surface area contributed by atoms with Crippen molar-refractivity contribution in [3.63, 3.8) is 0 Å². The number of hydrogen-bond donors (Lipinski definition) is 1. The second-order valence-electron chi connectivity index (χ2n) is 5.56. The van der Waals surface area contributed by atoms with Crippen LogP contribution in [-0.2, 0) is 16.0 Å². The summed E-state index contributed by atoms with van der Waals surface area (Å²) < 4.78 is 6.14. The van der Waals surface area contributed by atoms with Crippen LogP contribution in [0.1, 0.15) is 18.9 Å². The topological polar surface area (TPSA) is 66.8 Å². The highest BCUT2D eigenvalue weighted by molar-refractivity contribution is 9.10. The van der Waals surface area contributed by atoms with Crippen molar-refractivity contribution in [2.75, 3.05) is 20.2 Å². The minimum absolute atomic E-state index is 0.0728. The first-order valence-electron chi connectivity index (χ1n) is 6.69. The lowest BCUT2D eigenvalue weighted by Crippen LogP contribution is -2.35. The summed E-state index contributed by atoms with van der Waals surface area (Å²) in [6.45, 7) is 2.43.